The van der Waals surface area contributed by atoms with E-state index in [0.717, 1.165) is 5.57 Å². The zero-order valence-corrected chi connectivity index (χ0v) is 12.2. The van der Waals surface area contributed by atoms with Crippen molar-refractivity contribution in [2.75, 3.05) is 5.73 Å². The SMILES string of the molecule is CC(C)=C1N=C(c2ccc(F)cc2)c2c(F)cc(N)cc2O1. The molecular weight excluding hydrogens is 286 g/mol. The number of benzene rings is 2. The van der Waals surface area contributed by atoms with Crippen LogP contribution < -0.4 is 10.5 Å². The van der Waals surface area contributed by atoms with E-state index in [0.29, 0.717) is 22.9 Å². The second kappa shape index (κ2) is 5.26. The molecular formula is C17H14F2N2O. The zero-order chi connectivity index (χ0) is 15.9. The minimum atomic E-state index is -0.522. The standard InChI is InChI=1S/C17H14F2N2O/c1-9(2)17-21-16(10-3-5-11(18)6-4-10)15-13(19)7-12(20)8-14(15)22-17/h3-8H,20H2,1-2H3. The van der Waals surface area contributed by atoms with Crippen LogP contribution in [0.2, 0.25) is 0 Å². The number of nitrogens with two attached hydrogens (primary N) is 1. The predicted octanol–water partition coefficient (Wildman–Crippen LogP) is 4.03. The van der Waals surface area contributed by atoms with E-state index in [1.807, 2.05) is 13.8 Å². The third-order valence-electron chi connectivity index (χ3n) is 3.28. The number of rotatable bonds is 1. The molecule has 0 saturated carbocycles. The molecule has 0 unspecified atom stereocenters. The van der Waals surface area contributed by atoms with E-state index in [9.17, 15) is 8.78 Å². The molecule has 3 nitrogen and oxygen atoms in total. The summed E-state index contributed by atoms with van der Waals surface area (Å²) in [4.78, 5) is 4.38. The number of aliphatic imine (C=N–C) groups is 1. The summed E-state index contributed by atoms with van der Waals surface area (Å²) >= 11 is 0. The summed E-state index contributed by atoms with van der Waals surface area (Å²) in [5.41, 5.74) is 8.02. The van der Waals surface area contributed by atoms with Crippen molar-refractivity contribution < 1.29 is 13.5 Å². The first-order valence-electron chi connectivity index (χ1n) is 6.75. The predicted molar refractivity (Wildman–Crippen MR) is 81.9 cm³/mol. The lowest BCUT2D eigenvalue weighted by Crippen LogP contribution is -2.16. The van der Waals surface area contributed by atoms with Crippen LogP contribution in [-0.4, -0.2) is 5.71 Å². The third kappa shape index (κ3) is 2.45. The minimum Gasteiger partial charge on any atom is -0.438 e. The lowest BCUT2D eigenvalue weighted by molar-refractivity contribution is 0.404. The van der Waals surface area contributed by atoms with Crippen LogP contribution in [0.3, 0.4) is 0 Å². The van der Waals surface area contributed by atoms with Crippen molar-refractivity contribution in [3.05, 3.63) is 70.6 Å². The van der Waals surface area contributed by atoms with Crippen molar-refractivity contribution in [3.63, 3.8) is 0 Å². The van der Waals surface area contributed by atoms with Gasteiger partial charge in [0.05, 0.1) is 11.3 Å². The second-order valence-corrected chi connectivity index (χ2v) is 5.25. The molecule has 0 aliphatic carbocycles. The fourth-order valence-electron chi connectivity index (χ4n) is 2.23. The average molecular weight is 300 g/mol. The first-order valence-corrected chi connectivity index (χ1v) is 6.75. The van der Waals surface area contributed by atoms with Crippen LogP contribution in [0.15, 0.2) is 52.8 Å². The highest BCUT2D eigenvalue weighted by Gasteiger charge is 2.25. The van der Waals surface area contributed by atoms with Gasteiger partial charge in [-0.15, -0.1) is 0 Å². The maximum atomic E-state index is 14.3. The summed E-state index contributed by atoms with van der Waals surface area (Å²) in [6.45, 7) is 3.68. The quantitative estimate of drug-likeness (QED) is 0.808. The maximum Gasteiger partial charge on any atom is 0.218 e. The molecule has 0 atom stereocenters. The molecule has 2 N–H and O–H groups in total. The Morgan fingerprint density at radius 1 is 1.09 bits per heavy atom. The van der Waals surface area contributed by atoms with Crippen molar-refractivity contribution in [2.45, 2.75) is 13.8 Å². The van der Waals surface area contributed by atoms with E-state index in [1.165, 1.54) is 18.2 Å². The van der Waals surface area contributed by atoms with E-state index in [1.54, 1.807) is 18.2 Å². The van der Waals surface area contributed by atoms with Crippen molar-refractivity contribution >= 4 is 11.4 Å². The molecule has 0 spiro atoms. The Hall–Kier alpha value is -2.69. The molecule has 2 aromatic carbocycles. The van der Waals surface area contributed by atoms with E-state index >= 15 is 0 Å². The molecule has 22 heavy (non-hydrogen) atoms. The highest BCUT2D eigenvalue weighted by molar-refractivity contribution is 6.15. The van der Waals surface area contributed by atoms with E-state index in [-0.39, 0.29) is 17.1 Å². The van der Waals surface area contributed by atoms with Crippen molar-refractivity contribution in [1.29, 1.82) is 0 Å². The number of nitrogens with zero attached hydrogens (tertiary/aromatic N) is 1. The van der Waals surface area contributed by atoms with Crippen molar-refractivity contribution in [3.8, 4) is 5.75 Å². The Bertz CT molecular complexity index is 804. The average Bonchev–Trinajstić information content (AvgIpc) is 2.46. The molecule has 1 aliphatic rings. The smallest absolute Gasteiger partial charge is 0.218 e. The molecule has 0 aromatic heterocycles. The Kier molecular flexibility index (Phi) is 3.41. The summed E-state index contributed by atoms with van der Waals surface area (Å²) in [7, 11) is 0. The number of ether oxygens (including phenoxy) is 1. The molecule has 0 radical (unpaired) electrons. The number of hydrogen-bond donors (Lipinski definition) is 1. The van der Waals surface area contributed by atoms with Gasteiger partial charge in [-0.25, -0.2) is 13.8 Å². The Labute approximate surface area is 126 Å². The molecule has 0 fully saturated rings. The molecule has 0 saturated heterocycles. The van der Waals surface area contributed by atoms with Crippen LogP contribution in [0, 0.1) is 11.6 Å². The monoisotopic (exact) mass is 300 g/mol. The summed E-state index contributed by atoms with van der Waals surface area (Å²) in [6, 6.07) is 8.51. The number of halogens is 2. The van der Waals surface area contributed by atoms with Gasteiger partial charge in [-0.05, 0) is 49.8 Å². The lowest BCUT2D eigenvalue weighted by Gasteiger charge is -2.21. The zero-order valence-electron chi connectivity index (χ0n) is 12.2. The third-order valence-corrected chi connectivity index (χ3v) is 3.28. The number of anilines is 1. The summed E-state index contributed by atoms with van der Waals surface area (Å²) < 4.78 is 33.1. The number of nitrogen functional groups attached to an aromatic ring is 1. The summed E-state index contributed by atoms with van der Waals surface area (Å²) in [5, 5.41) is 0. The van der Waals surface area contributed by atoms with Gasteiger partial charge in [0.2, 0.25) is 5.88 Å². The van der Waals surface area contributed by atoms with Gasteiger partial charge in [-0.1, -0.05) is 0 Å². The Morgan fingerprint density at radius 3 is 2.41 bits per heavy atom. The largest absolute Gasteiger partial charge is 0.438 e. The van der Waals surface area contributed by atoms with Crippen LogP contribution in [0.4, 0.5) is 14.5 Å². The first kappa shape index (κ1) is 14.3. The number of fused-ring (bicyclic) bond motifs is 1. The van der Waals surface area contributed by atoms with Gasteiger partial charge < -0.3 is 10.5 Å². The molecule has 1 aliphatic heterocycles. The van der Waals surface area contributed by atoms with E-state index in [4.69, 9.17) is 10.5 Å². The highest BCUT2D eigenvalue weighted by atomic mass is 19.1. The summed E-state index contributed by atoms with van der Waals surface area (Å²) in [5.74, 6) is -0.192. The molecule has 3 rings (SSSR count). The minimum absolute atomic E-state index is 0.228. The van der Waals surface area contributed by atoms with Crippen molar-refractivity contribution in [2.24, 2.45) is 4.99 Å². The molecule has 0 amide bonds. The van der Waals surface area contributed by atoms with Gasteiger partial charge in [-0.3, -0.25) is 0 Å². The Balaban J connectivity index is 2.26. The van der Waals surface area contributed by atoms with Gasteiger partial charge in [0.25, 0.3) is 0 Å². The van der Waals surface area contributed by atoms with Gasteiger partial charge in [0, 0.05) is 17.3 Å². The topological polar surface area (TPSA) is 47.6 Å². The first-order chi connectivity index (χ1) is 10.5. The fourth-order valence-corrected chi connectivity index (χ4v) is 2.23. The fraction of sp³-hybridized carbons (Fsp3) is 0.118. The number of hydrogen-bond acceptors (Lipinski definition) is 3. The lowest BCUT2D eigenvalue weighted by atomic mass is 9.99. The highest BCUT2D eigenvalue weighted by Crippen LogP contribution is 2.34. The van der Waals surface area contributed by atoms with Crippen LogP contribution in [0.5, 0.6) is 5.75 Å². The molecule has 1 heterocycles. The van der Waals surface area contributed by atoms with Crippen LogP contribution in [-0.2, 0) is 0 Å². The van der Waals surface area contributed by atoms with E-state index in [2.05, 4.69) is 4.99 Å². The molecule has 5 heteroatoms. The van der Waals surface area contributed by atoms with E-state index < -0.39 is 5.82 Å². The van der Waals surface area contributed by atoms with Gasteiger partial charge in [-0.2, -0.15) is 0 Å². The molecule has 0 bridgehead atoms. The van der Waals surface area contributed by atoms with Gasteiger partial charge in [0.15, 0.2) is 0 Å². The molecule has 2 aromatic rings. The van der Waals surface area contributed by atoms with Gasteiger partial charge >= 0.3 is 0 Å². The van der Waals surface area contributed by atoms with Crippen LogP contribution >= 0.6 is 0 Å². The van der Waals surface area contributed by atoms with Crippen LogP contribution in [0.25, 0.3) is 0 Å². The summed E-state index contributed by atoms with van der Waals surface area (Å²) in [6.07, 6.45) is 0. The molecule has 112 valence electrons. The second-order valence-electron chi connectivity index (χ2n) is 5.25. The Morgan fingerprint density at radius 2 is 1.77 bits per heavy atom. The maximum absolute atomic E-state index is 14.3. The van der Waals surface area contributed by atoms with Gasteiger partial charge in [0.1, 0.15) is 17.4 Å². The normalized spacial score (nSPS) is 13.3. The van der Waals surface area contributed by atoms with Crippen molar-refractivity contribution in [1.82, 2.24) is 0 Å². The van der Waals surface area contributed by atoms with Crippen LogP contribution in [0.1, 0.15) is 25.0 Å². The number of allylic oxidation sites excluding steroid dienone is 1.